The summed E-state index contributed by atoms with van der Waals surface area (Å²) >= 11 is 0. The Morgan fingerprint density at radius 1 is 1.20 bits per heavy atom. The molecule has 2 rings (SSSR count). The first-order valence-corrected chi connectivity index (χ1v) is 6.81. The van der Waals surface area contributed by atoms with Gasteiger partial charge in [-0.15, -0.1) is 0 Å². The Morgan fingerprint density at radius 3 is 2.60 bits per heavy atom. The average molecular weight is 272 g/mol. The van der Waals surface area contributed by atoms with Gasteiger partial charge >= 0.3 is 0 Å². The summed E-state index contributed by atoms with van der Waals surface area (Å²) in [6.45, 7) is 4.60. The van der Waals surface area contributed by atoms with Crippen LogP contribution in [0.3, 0.4) is 0 Å². The molecule has 4 nitrogen and oxygen atoms in total. The molecule has 0 fully saturated rings. The molecule has 1 heterocycles. The number of amides is 1. The quantitative estimate of drug-likeness (QED) is 0.876. The Kier molecular flexibility index (Phi) is 4.82. The topological polar surface area (TPSA) is 43.3 Å². The SMILES string of the molecule is CC(C)Oc1ccccc1NC(=O)CCn1cccc1. The molecule has 2 aromatic rings. The monoisotopic (exact) mass is 272 g/mol. The number of hydrogen-bond donors (Lipinski definition) is 1. The third-order valence-corrected chi connectivity index (χ3v) is 2.79. The van der Waals surface area contributed by atoms with Crippen LogP contribution in [-0.2, 0) is 11.3 Å². The largest absolute Gasteiger partial charge is 0.489 e. The van der Waals surface area contributed by atoms with Gasteiger partial charge in [-0.05, 0) is 38.1 Å². The molecule has 0 atom stereocenters. The van der Waals surface area contributed by atoms with Gasteiger partial charge in [-0.3, -0.25) is 4.79 Å². The van der Waals surface area contributed by atoms with Crippen LogP contribution in [0.25, 0.3) is 0 Å². The zero-order chi connectivity index (χ0) is 14.4. The third kappa shape index (κ3) is 4.16. The van der Waals surface area contributed by atoms with Crippen molar-refractivity contribution in [3.8, 4) is 5.75 Å². The predicted octanol–water partition coefficient (Wildman–Crippen LogP) is 3.30. The van der Waals surface area contributed by atoms with E-state index in [9.17, 15) is 4.79 Å². The summed E-state index contributed by atoms with van der Waals surface area (Å²) in [6, 6.07) is 11.4. The van der Waals surface area contributed by atoms with E-state index in [1.807, 2.05) is 67.2 Å². The van der Waals surface area contributed by atoms with Gasteiger partial charge in [0.1, 0.15) is 5.75 Å². The number of carbonyl (C=O) groups excluding carboxylic acids is 1. The van der Waals surface area contributed by atoms with Crippen molar-refractivity contribution in [3.63, 3.8) is 0 Å². The molecule has 0 saturated heterocycles. The number of hydrogen-bond acceptors (Lipinski definition) is 2. The number of anilines is 1. The van der Waals surface area contributed by atoms with Crippen molar-refractivity contribution in [2.45, 2.75) is 32.9 Å². The van der Waals surface area contributed by atoms with E-state index >= 15 is 0 Å². The average Bonchev–Trinajstić information content (AvgIpc) is 2.91. The fourth-order valence-corrected chi connectivity index (χ4v) is 1.89. The number of benzene rings is 1. The minimum atomic E-state index is -0.0153. The molecule has 1 amide bonds. The second-order valence-electron chi connectivity index (χ2n) is 4.88. The molecule has 0 bridgehead atoms. The van der Waals surface area contributed by atoms with Gasteiger partial charge in [-0.1, -0.05) is 12.1 Å². The summed E-state index contributed by atoms with van der Waals surface area (Å²) in [7, 11) is 0. The fourth-order valence-electron chi connectivity index (χ4n) is 1.89. The van der Waals surface area contributed by atoms with Crippen LogP contribution in [0, 0.1) is 0 Å². The van der Waals surface area contributed by atoms with E-state index in [1.165, 1.54) is 0 Å². The number of ether oxygens (including phenoxy) is 1. The number of nitrogens with one attached hydrogen (secondary N) is 1. The van der Waals surface area contributed by atoms with E-state index in [4.69, 9.17) is 4.74 Å². The van der Waals surface area contributed by atoms with Crippen molar-refractivity contribution in [2.24, 2.45) is 0 Å². The molecule has 106 valence electrons. The highest BCUT2D eigenvalue weighted by molar-refractivity contribution is 5.92. The van der Waals surface area contributed by atoms with E-state index in [0.717, 1.165) is 5.69 Å². The number of nitrogens with zero attached hydrogens (tertiary/aromatic N) is 1. The minimum absolute atomic E-state index is 0.0153. The molecule has 0 unspecified atom stereocenters. The lowest BCUT2D eigenvalue weighted by Gasteiger charge is -2.14. The lowest BCUT2D eigenvalue weighted by Crippen LogP contribution is -2.15. The zero-order valence-electron chi connectivity index (χ0n) is 11.9. The molecule has 20 heavy (non-hydrogen) atoms. The van der Waals surface area contributed by atoms with Gasteiger partial charge in [0.2, 0.25) is 5.91 Å². The molecule has 4 heteroatoms. The van der Waals surface area contributed by atoms with Gasteiger partial charge in [-0.2, -0.15) is 0 Å². The maximum atomic E-state index is 12.0. The van der Waals surface area contributed by atoms with Gasteiger partial charge in [0.05, 0.1) is 11.8 Å². The number of para-hydroxylation sites is 2. The van der Waals surface area contributed by atoms with E-state index in [1.54, 1.807) is 0 Å². The van der Waals surface area contributed by atoms with Crippen molar-refractivity contribution >= 4 is 11.6 Å². The van der Waals surface area contributed by atoms with Crippen molar-refractivity contribution in [1.82, 2.24) is 4.57 Å². The van der Waals surface area contributed by atoms with Crippen molar-refractivity contribution in [3.05, 3.63) is 48.8 Å². The highest BCUT2D eigenvalue weighted by Gasteiger charge is 2.08. The maximum absolute atomic E-state index is 12.0. The Bertz CT molecular complexity index is 547. The Hall–Kier alpha value is -2.23. The molecule has 0 aliphatic carbocycles. The normalized spacial score (nSPS) is 10.6. The standard InChI is InChI=1S/C16H20N2O2/c1-13(2)20-15-8-4-3-7-14(15)17-16(19)9-12-18-10-5-6-11-18/h3-8,10-11,13H,9,12H2,1-2H3,(H,17,19). The first kappa shape index (κ1) is 14.2. The van der Waals surface area contributed by atoms with E-state index in [-0.39, 0.29) is 12.0 Å². The lowest BCUT2D eigenvalue weighted by atomic mass is 10.2. The van der Waals surface area contributed by atoms with E-state index < -0.39 is 0 Å². The molecule has 0 radical (unpaired) electrons. The summed E-state index contributed by atoms with van der Waals surface area (Å²) in [5, 5.41) is 2.90. The molecule has 1 N–H and O–H groups in total. The van der Waals surface area contributed by atoms with E-state index in [0.29, 0.717) is 18.7 Å². The summed E-state index contributed by atoms with van der Waals surface area (Å²) in [6.07, 6.45) is 4.41. The third-order valence-electron chi connectivity index (χ3n) is 2.79. The van der Waals surface area contributed by atoms with Crippen LogP contribution in [0.5, 0.6) is 5.75 Å². The van der Waals surface area contributed by atoms with Gasteiger partial charge < -0.3 is 14.6 Å². The van der Waals surface area contributed by atoms with Gasteiger partial charge in [0, 0.05) is 25.4 Å². The van der Waals surface area contributed by atoms with Crippen LogP contribution < -0.4 is 10.1 Å². The maximum Gasteiger partial charge on any atom is 0.226 e. The first-order chi connectivity index (χ1) is 9.65. The lowest BCUT2D eigenvalue weighted by molar-refractivity contribution is -0.116. The Labute approximate surface area is 119 Å². The fraction of sp³-hybridized carbons (Fsp3) is 0.312. The molecular formula is C16H20N2O2. The van der Waals surface area contributed by atoms with Crippen molar-refractivity contribution in [1.29, 1.82) is 0 Å². The van der Waals surface area contributed by atoms with Crippen LogP contribution in [-0.4, -0.2) is 16.6 Å². The van der Waals surface area contributed by atoms with Crippen LogP contribution in [0.2, 0.25) is 0 Å². The molecular weight excluding hydrogens is 252 g/mol. The van der Waals surface area contributed by atoms with Gasteiger partial charge in [0.15, 0.2) is 0 Å². The van der Waals surface area contributed by atoms with Crippen LogP contribution >= 0.6 is 0 Å². The van der Waals surface area contributed by atoms with Crippen LogP contribution in [0.1, 0.15) is 20.3 Å². The summed E-state index contributed by atoms with van der Waals surface area (Å²) < 4.78 is 7.66. The number of aromatic nitrogens is 1. The Balaban J connectivity index is 1.93. The predicted molar refractivity (Wildman–Crippen MR) is 79.9 cm³/mol. The number of carbonyl (C=O) groups is 1. The molecule has 0 aliphatic heterocycles. The van der Waals surface area contributed by atoms with Crippen LogP contribution in [0.4, 0.5) is 5.69 Å². The highest BCUT2D eigenvalue weighted by Crippen LogP contribution is 2.24. The molecule has 1 aromatic heterocycles. The number of aryl methyl sites for hydroxylation is 1. The molecule has 0 aliphatic rings. The molecule has 0 saturated carbocycles. The molecule has 0 spiro atoms. The second-order valence-corrected chi connectivity index (χ2v) is 4.88. The van der Waals surface area contributed by atoms with Gasteiger partial charge in [0.25, 0.3) is 0 Å². The Morgan fingerprint density at radius 2 is 1.90 bits per heavy atom. The van der Waals surface area contributed by atoms with E-state index in [2.05, 4.69) is 5.32 Å². The summed E-state index contributed by atoms with van der Waals surface area (Å²) in [5.41, 5.74) is 0.721. The first-order valence-electron chi connectivity index (χ1n) is 6.81. The summed E-state index contributed by atoms with van der Waals surface area (Å²) in [4.78, 5) is 12.0. The highest BCUT2D eigenvalue weighted by atomic mass is 16.5. The zero-order valence-corrected chi connectivity index (χ0v) is 11.9. The number of rotatable bonds is 6. The van der Waals surface area contributed by atoms with Crippen LogP contribution in [0.15, 0.2) is 48.8 Å². The second kappa shape index (κ2) is 6.80. The summed E-state index contributed by atoms with van der Waals surface area (Å²) in [5.74, 6) is 0.690. The minimum Gasteiger partial charge on any atom is -0.489 e. The van der Waals surface area contributed by atoms with Gasteiger partial charge in [-0.25, -0.2) is 0 Å². The smallest absolute Gasteiger partial charge is 0.226 e. The van der Waals surface area contributed by atoms with Crippen molar-refractivity contribution < 1.29 is 9.53 Å². The molecule has 1 aromatic carbocycles. The van der Waals surface area contributed by atoms with Crippen molar-refractivity contribution in [2.75, 3.05) is 5.32 Å².